The second-order valence-electron chi connectivity index (χ2n) is 10.5. The number of carbonyl (C=O) groups excluding carboxylic acids is 2. The molecule has 1 heterocycles. The smallest absolute Gasteiger partial charge is 0.223 e. The summed E-state index contributed by atoms with van der Waals surface area (Å²) in [6.07, 6.45) is 3.81. The molecule has 0 N–H and O–H groups in total. The molecule has 1 aliphatic carbocycles. The molecule has 0 radical (unpaired) electrons. The van der Waals surface area contributed by atoms with Crippen LogP contribution in [0.2, 0.25) is 0 Å². The maximum absolute atomic E-state index is 14.4. The molecule has 1 fully saturated rings. The summed E-state index contributed by atoms with van der Waals surface area (Å²) in [6.45, 7) is 9.66. The van der Waals surface area contributed by atoms with E-state index in [1.54, 1.807) is 26.4 Å². The van der Waals surface area contributed by atoms with Gasteiger partial charge in [0.05, 0.1) is 17.5 Å². The van der Waals surface area contributed by atoms with Crippen molar-refractivity contribution in [1.82, 2.24) is 20.0 Å². The van der Waals surface area contributed by atoms with Crippen molar-refractivity contribution in [2.24, 2.45) is 10.8 Å². The van der Waals surface area contributed by atoms with Crippen molar-refractivity contribution in [3.63, 3.8) is 0 Å². The first-order chi connectivity index (χ1) is 16.4. The van der Waals surface area contributed by atoms with Crippen molar-refractivity contribution >= 4 is 11.8 Å². The quantitative estimate of drug-likeness (QED) is 0.524. The van der Waals surface area contributed by atoms with Gasteiger partial charge in [-0.15, -0.1) is 0 Å². The first-order valence-electron chi connectivity index (χ1n) is 12.2. The molecule has 0 unspecified atom stereocenters. The van der Waals surface area contributed by atoms with Crippen LogP contribution in [0.3, 0.4) is 0 Å². The fraction of sp³-hybridized carbons (Fsp3) is 0.556. The van der Waals surface area contributed by atoms with E-state index in [1.807, 2.05) is 11.8 Å². The number of nitrogens with zero attached hydrogens (tertiary/aromatic N) is 4. The Balaban J connectivity index is 1.81. The van der Waals surface area contributed by atoms with Gasteiger partial charge in [0.1, 0.15) is 11.6 Å². The maximum Gasteiger partial charge on any atom is 0.223 e. The van der Waals surface area contributed by atoms with Gasteiger partial charge >= 0.3 is 0 Å². The third-order valence-electron chi connectivity index (χ3n) is 8.03. The van der Waals surface area contributed by atoms with Crippen LogP contribution in [0.15, 0.2) is 30.5 Å². The number of halogens is 2. The van der Waals surface area contributed by atoms with Crippen molar-refractivity contribution < 1.29 is 18.4 Å². The van der Waals surface area contributed by atoms with Gasteiger partial charge in [-0.1, -0.05) is 26.8 Å². The number of aromatic nitrogens is 2. The van der Waals surface area contributed by atoms with Gasteiger partial charge in [0, 0.05) is 40.0 Å². The molecule has 1 saturated carbocycles. The molecule has 3 rings (SSSR count). The summed E-state index contributed by atoms with van der Waals surface area (Å²) in [6, 6.07) is 5.49. The maximum atomic E-state index is 14.4. The molecule has 1 aliphatic rings. The molecule has 190 valence electrons. The number of hydrogen-bond acceptors (Lipinski definition) is 4. The van der Waals surface area contributed by atoms with Crippen molar-refractivity contribution in [3.8, 4) is 11.3 Å². The van der Waals surface area contributed by atoms with E-state index in [-0.39, 0.29) is 52.7 Å². The molecule has 2 aromatic rings. The Morgan fingerprint density at radius 3 is 2.31 bits per heavy atom. The summed E-state index contributed by atoms with van der Waals surface area (Å²) < 4.78 is 28.7. The van der Waals surface area contributed by atoms with E-state index in [0.717, 1.165) is 18.4 Å². The number of benzene rings is 1. The van der Waals surface area contributed by atoms with Gasteiger partial charge in [-0.2, -0.15) is 10.2 Å². The van der Waals surface area contributed by atoms with Crippen LogP contribution < -0.4 is 0 Å². The Morgan fingerprint density at radius 1 is 1.09 bits per heavy atom. The molecule has 2 atom stereocenters. The van der Waals surface area contributed by atoms with Crippen molar-refractivity contribution in [2.75, 3.05) is 27.2 Å². The highest BCUT2D eigenvalue weighted by molar-refractivity contribution is 5.83. The van der Waals surface area contributed by atoms with E-state index >= 15 is 0 Å². The van der Waals surface area contributed by atoms with Crippen LogP contribution >= 0.6 is 0 Å². The lowest BCUT2D eigenvalue weighted by Gasteiger charge is -2.44. The summed E-state index contributed by atoms with van der Waals surface area (Å²) in [4.78, 5) is 28.2. The largest absolute Gasteiger partial charge is 0.349 e. The minimum Gasteiger partial charge on any atom is -0.349 e. The van der Waals surface area contributed by atoms with Crippen LogP contribution in [-0.2, 0) is 9.59 Å². The van der Waals surface area contributed by atoms with Gasteiger partial charge in [-0.05, 0) is 60.3 Å². The minimum absolute atomic E-state index is 0.0222. The van der Waals surface area contributed by atoms with Crippen LogP contribution in [0.5, 0.6) is 0 Å². The molecule has 0 spiro atoms. The molecule has 0 saturated heterocycles. The third-order valence-corrected chi connectivity index (χ3v) is 8.03. The highest BCUT2D eigenvalue weighted by atomic mass is 19.1. The Kier molecular flexibility index (Phi) is 7.92. The lowest BCUT2D eigenvalue weighted by molar-refractivity contribution is -0.137. The SMILES string of the molecule is CCN(C[C@@]1(C)CC[C@H](c2cnnc(-c3c(F)cccc3F)c2)C1(C)C)C(=O)CCC(=O)N(C)C. The lowest BCUT2D eigenvalue weighted by Crippen LogP contribution is -2.46. The fourth-order valence-corrected chi connectivity index (χ4v) is 5.26. The topological polar surface area (TPSA) is 66.4 Å². The normalized spacial score (nSPS) is 21.1. The average Bonchev–Trinajstić information content (AvgIpc) is 3.04. The lowest BCUT2D eigenvalue weighted by atomic mass is 9.64. The molecule has 2 amide bonds. The van der Waals surface area contributed by atoms with E-state index in [9.17, 15) is 18.4 Å². The third kappa shape index (κ3) is 5.36. The molecule has 0 bridgehead atoms. The molecule has 1 aromatic carbocycles. The zero-order chi connectivity index (χ0) is 26.0. The summed E-state index contributed by atoms with van der Waals surface area (Å²) >= 11 is 0. The number of carbonyl (C=O) groups is 2. The van der Waals surface area contributed by atoms with Crippen molar-refractivity contribution in [1.29, 1.82) is 0 Å². The highest BCUT2D eigenvalue weighted by Crippen LogP contribution is 2.60. The van der Waals surface area contributed by atoms with Crippen LogP contribution in [-0.4, -0.2) is 59.0 Å². The van der Waals surface area contributed by atoms with Crippen LogP contribution in [0.25, 0.3) is 11.3 Å². The van der Waals surface area contributed by atoms with Gasteiger partial charge in [0.2, 0.25) is 11.8 Å². The Labute approximate surface area is 206 Å². The summed E-state index contributed by atoms with van der Waals surface area (Å²) in [5.41, 5.74) is 0.474. The number of hydrogen-bond donors (Lipinski definition) is 0. The van der Waals surface area contributed by atoms with E-state index < -0.39 is 11.6 Å². The van der Waals surface area contributed by atoms with Crippen molar-refractivity contribution in [3.05, 3.63) is 47.7 Å². The van der Waals surface area contributed by atoms with Gasteiger partial charge in [0.15, 0.2) is 0 Å². The number of rotatable bonds is 8. The van der Waals surface area contributed by atoms with E-state index in [4.69, 9.17) is 0 Å². The summed E-state index contributed by atoms with van der Waals surface area (Å²) in [5.74, 6) is -1.34. The Morgan fingerprint density at radius 2 is 1.71 bits per heavy atom. The molecule has 8 heteroatoms. The van der Waals surface area contributed by atoms with E-state index in [1.165, 1.54) is 23.1 Å². The van der Waals surface area contributed by atoms with Gasteiger partial charge in [-0.25, -0.2) is 8.78 Å². The Bertz CT molecular complexity index is 1070. The second kappa shape index (κ2) is 10.4. The van der Waals surface area contributed by atoms with Crippen LogP contribution in [0.1, 0.15) is 64.9 Å². The minimum atomic E-state index is -0.670. The van der Waals surface area contributed by atoms with E-state index in [2.05, 4.69) is 31.0 Å². The molecule has 6 nitrogen and oxygen atoms in total. The Hall–Kier alpha value is -2.90. The zero-order valence-corrected chi connectivity index (χ0v) is 21.6. The molecule has 1 aromatic heterocycles. The molecule has 0 aliphatic heterocycles. The number of amides is 2. The van der Waals surface area contributed by atoms with Gasteiger partial charge < -0.3 is 9.80 Å². The summed E-state index contributed by atoms with van der Waals surface area (Å²) in [5, 5.41) is 8.08. The van der Waals surface area contributed by atoms with Crippen molar-refractivity contribution in [2.45, 2.75) is 59.3 Å². The second-order valence-corrected chi connectivity index (χ2v) is 10.5. The zero-order valence-electron chi connectivity index (χ0n) is 21.6. The first kappa shape index (κ1) is 26.7. The van der Waals surface area contributed by atoms with Crippen LogP contribution in [0, 0.1) is 22.5 Å². The first-order valence-corrected chi connectivity index (χ1v) is 12.2. The fourth-order valence-electron chi connectivity index (χ4n) is 5.26. The average molecular weight is 487 g/mol. The standard InChI is InChI=1S/C27H36F2N4O2/c1-7-33(24(35)12-11-23(34)32(5)6)17-27(4)14-13-19(26(27,2)3)18-15-22(31-30-16-18)25-20(28)9-8-10-21(25)29/h8-10,15-16,19H,7,11-14,17H2,1-6H3/t19-,27-/m1/s1. The summed E-state index contributed by atoms with van der Waals surface area (Å²) in [7, 11) is 3.37. The van der Waals surface area contributed by atoms with Gasteiger partial charge in [-0.3, -0.25) is 9.59 Å². The predicted molar refractivity (Wildman–Crippen MR) is 131 cm³/mol. The molecular weight excluding hydrogens is 450 g/mol. The molecular formula is C27H36F2N4O2. The molecule has 35 heavy (non-hydrogen) atoms. The highest BCUT2D eigenvalue weighted by Gasteiger charge is 2.52. The van der Waals surface area contributed by atoms with Crippen LogP contribution in [0.4, 0.5) is 8.78 Å². The predicted octanol–water partition coefficient (Wildman–Crippen LogP) is 5.05. The van der Waals surface area contributed by atoms with Gasteiger partial charge in [0.25, 0.3) is 0 Å². The van der Waals surface area contributed by atoms with E-state index in [0.29, 0.717) is 13.1 Å². The monoisotopic (exact) mass is 486 g/mol.